The predicted molar refractivity (Wildman–Crippen MR) is 111 cm³/mol. The molecule has 2 unspecified atom stereocenters. The molecule has 10 nitrogen and oxygen atoms in total. The largest absolute Gasteiger partial charge is 0.331 e. The lowest BCUT2D eigenvalue weighted by Gasteiger charge is -2.30. The molecule has 0 rings (SSSR count). The highest BCUT2D eigenvalue weighted by molar-refractivity contribution is 5.74. The van der Waals surface area contributed by atoms with Crippen molar-refractivity contribution in [1.29, 1.82) is 0 Å². The number of nitrogens with one attached hydrogen (secondary N) is 6. The Bertz CT molecular complexity index is 505. The van der Waals surface area contributed by atoms with Crippen molar-refractivity contribution in [3.05, 3.63) is 0 Å². The third-order valence-electron chi connectivity index (χ3n) is 3.74. The van der Waals surface area contributed by atoms with Crippen molar-refractivity contribution < 1.29 is 9.59 Å². The molecule has 0 aliphatic heterocycles. The molecule has 0 aliphatic carbocycles. The Morgan fingerprint density at radius 2 is 0.929 bits per heavy atom. The molecule has 0 aromatic rings. The number of nitrogens with zero attached hydrogens (tertiary/aromatic N) is 2. The van der Waals surface area contributed by atoms with Crippen LogP contribution in [0.1, 0.15) is 82.1 Å². The molecule has 0 bridgehead atoms. The Morgan fingerprint density at radius 1 is 0.643 bits per heavy atom. The van der Waals surface area contributed by atoms with E-state index in [0.29, 0.717) is 12.8 Å². The van der Waals surface area contributed by atoms with Crippen LogP contribution in [0.5, 0.6) is 0 Å². The van der Waals surface area contributed by atoms with E-state index in [4.69, 9.17) is 0 Å². The van der Waals surface area contributed by atoms with Crippen molar-refractivity contribution in [2.75, 3.05) is 0 Å². The van der Waals surface area contributed by atoms with E-state index in [1.54, 1.807) is 13.8 Å². The van der Waals surface area contributed by atoms with Gasteiger partial charge < -0.3 is 10.6 Å². The second-order valence-electron chi connectivity index (χ2n) is 9.36. The quantitative estimate of drug-likeness (QED) is 0.276. The summed E-state index contributed by atoms with van der Waals surface area (Å²) in [5, 5.41) is 14.2. The van der Waals surface area contributed by atoms with Crippen LogP contribution in [0, 0.1) is 0 Å². The first kappa shape index (κ1) is 26.1. The molecule has 0 fully saturated rings. The van der Waals surface area contributed by atoms with Crippen LogP contribution in [0.3, 0.4) is 0 Å². The Balaban J connectivity index is 5.00. The van der Waals surface area contributed by atoms with Gasteiger partial charge in [0, 0.05) is 11.1 Å². The van der Waals surface area contributed by atoms with Crippen molar-refractivity contribution in [2.45, 2.75) is 104 Å². The summed E-state index contributed by atoms with van der Waals surface area (Å²) < 4.78 is 0. The number of carbonyl (C=O) groups is 2. The van der Waals surface area contributed by atoms with Crippen molar-refractivity contribution in [3.8, 4) is 0 Å². The van der Waals surface area contributed by atoms with Gasteiger partial charge in [-0.3, -0.25) is 10.9 Å². The fourth-order valence-electron chi connectivity index (χ4n) is 1.63. The summed E-state index contributed by atoms with van der Waals surface area (Å²) in [7, 11) is 0. The third-order valence-corrected chi connectivity index (χ3v) is 3.74. The second kappa shape index (κ2) is 10.0. The van der Waals surface area contributed by atoms with E-state index in [-0.39, 0.29) is 11.1 Å². The Kier molecular flexibility index (Phi) is 9.32. The maximum Gasteiger partial charge on any atom is 0.331 e. The van der Waals surface area contributed by atoms with Gasteiger partial charge in [-0.25, -0.2) is 20.4 Å². The Hall–Kier alpha value is -1.94. The molecule has 2 atom stereocenters. The van der Waals surface area contributed by atoms with E-state index in [0.717, 1.165) is 0 Å². The molecule has 10 heteroatoms. The third kappa shape index (κ3) is 11.7. The van der Waals surface area contributed by atoms with Crippen molar-refractivity contribution in [2.24, 2.45) is 10.2 Å². The number of hydrazine groups is 2. The number of urea groups is 2. The summed E-state index contributed by atoms with van der Waals surface area (Å²) in [6.45, 7) is 18.9. The maximum atomic E-state index is 12.1. The molecule has 0 saturated carbocycles. The zero-order chi connectivity index (χ0) is 22.2. The topological polar surface area (TPSA) is 131 Å². The highest BCUT2D eigenvalue weighted by atomic mass is 16.2. The standard InChI is InChI=1S/C18H40N8O2/c1-11-17(9,19-13(27)21-23-15(3,4)5)25-26-18(10,12-2)20-14(28)22-24-16(6,7)8/h23-24H,11-12H2,1-10H3,(H2,19,21,27)(H2,20,22,28). The smallest absolute Gasteiger partial charge is 0.311 e. The summed E-state index contributed by atoms with van der Waals surface area (Å²) in [6, 6.07) is -0.812. The lowest BCUT2D eigenvalue weighted by Crippen LogP contribution is -2.57. The SMILES string of the molecule is CCC(C)(N=NC(C)(CC)NC(=O)NNC(C)(C)C)NC(=O)NNC(C)(C)C. The number of azo groups is 1. The summed E-state index contributed by atoms with van der Waals surface area (Å²) in [5.74, 6) is 0. The van der Waals surface area contributed by atoms with E-state index in [2.05, 4.69) is 42.6 Å². The van der Waals surface area contributed by atoms with Crippen molar-refractivity contribution in [3.63, 3.8) is 0 Å². The van der Waals surface area contributed by atoms with Gasteiger partial charge in [0.2, 0.25) is 0 Å². The predicted octanol–water partition coefficient (Wildman–Crippen LogP) is 2.90. The van der Waals surface area contributed by atoms with E-state index >= 15 is 0 Å². The molecular formula is C18H40N8O2. The van der Waals surface area contributed by atoms with Crippen LogP contribution in [-0.2, 0) is 0 Å². The minimum atomic E-state index is -0.915. The minimum absolute atomic E-state index is 0.263. The molecule has 0 spiro atoms. The number of hydrogen-bond acceptors (Lipinski definition) is 6. The molecule has 0 aliphatic rings. The van der Waals surface area contributed by atoms with E-state index < -0.39 is 23.4 Å². The number of rotatable bonds is 8. The van der Waals surface area contributed by atoms with Gasteiger partial charge >= 0.3 is 12.1 Å². The highest BCUT2D eigenvalue weighted by Crippen LogP contribution is 2.18. The Morgan fingerprint density at radius 3 is 1.14 bits per heavy atom. The summed E-state index contributed by atoms with van der Waals surface area (Å²) in [6.07, 6.45) is 1.05. The molecule has 164 valence electrons. The first-order valence-corrected chi connectivity index (χ1v) is 9.68. The fraction of sp³-hybridized carbons (Fsp3) is 0.889. The zero-order valence-corrected chi connectivity index (χ0v) is 19.1. The lowest BCUT2D eigenvalue weighted by molar-refractivity contribution is 0.205. The van der Waals surface area contributed by atoms with Crippen LogP contribution in [0.25, 0.3) is 0 Å². The number of carbonyl (C=O) groups excluding carboxylic acids is 2. The van der Waals surface area contributed by atoms with Crippen LogP contribution in [0.2, 0.25) is 0 Å². The van der Waals surface area contributed by atoms with Gasteiger partial charge in [0.25, 0.3) is 0 Å². The molecular weight excluding hydrogens is 360 g/mol. The molecule has 4 amide bonds. The molecule has 28 heavy (non-hydrogen) atoms. The van der Waals surface area contributed by atoms with Gasteiger partial charge in [-0.15, -0.1) is 0 Å². The fourth-order valence-corrected chi connectivity index (χ4v) is 1.63. The van der Waals surface area contributed by atoms with Gasteiger partial charge in [0.1, 0.15) is 0 Å². The first-order chi connectivity index (χ1) is 12.5. The Labute approximate surface area is 169 Å². The zero-order valence-electron chi connectivity index (χ0n) is 19.1. The molecule has 0 aromatic carbocycles. The molecule has 0 heterocycles. The van der Waals surface area contributed by atoms with E-state index in [9.17, 15) is 9.59 Å². The van der Waals surface area contributed by atoms with Crippen LogP contribution >= 0.6 is 0 Å². The minimum Gasteiger partial charge on any atom is -0.311 e. The van der Waals surface area contributed by atoms with Gasteiger partial charge in [-0.05, 0) is 68.2 Å². The van der Waals surface area contributed by atoms with Gasteiger partial charge in [0.05, 0.1) is 0 Å². The van der Waals surface area contributed by atoms with Crippen LogP contribution in [-0.4, -0.2) is 34.5 Å². The highest BCUT2D eigenvalue weighted by Gasteiger charge is 2.29. The number of amides is 4. The lowest BCUT2D eigenvalue weighted by atomic mass is 10.1. The van der Waals surface area contributed by atoms with E-state index in [1.807, 2.05) is 55.4 Å². The van der Waals surface area contributed by atoms with Gasteiger partial charge in [-0.1, -0.05) is 13.8 Å². The second-order valence-corrected chi connectivity index (χ2v) is 9.36. The molecule has 0 saturated heterocycles. The van der Waals surface area contributed by atoms with E-state index in [1.165, 1.54) is 0 Å². The maximum absolute atomic E-state index is 12.1. The number of hydrogen-bond donors (Lipinski definition) is 6. The van der Waals surface area contributed by atoms with Gasteiger partial charge in [0.15, 0.2) is 11.3 Å². The monoisotopic (exact) mass is 400 g/mol. The van der Waals surface area contributed by atoms with Crippen molar-refractivity contribution >= 4 is 12.1 Å². The summed E-state index contributed by atoms with van der Waals surface area (Å²) in [4.78, 5) is 24.3. The van der Waals surface area contributed by atoms with Crippen LogP contribution < -0.4 is 32.3 Å². The van der Waals surface area contributed by atoms with Crippen LogP contribution in [0.15, 0.2) is 10.2 Å². The summed E-state index contributed by atoms with van der Waals surface area (Å²) >= 11 is 0. The average molecular weight is 401 g/mol. The van der Waals surface area contributed by atoms with Gasteiger partial charge in [-0.2, -0.15) is 10.2 Å². The van der Waals surface area contributed by atoms with Crippen molar-refractivity contribution in [1.82, 2.24) is 32.3 Å². The normalized spacial score (nSPS) is 16.8. The summed E-state index contributed by atoms with van der Waals surface area (Å²) in [5.41, 5.74) is 8.63. The molecule has 6 N–H and O–H groups in total. The van der Waals surface area contributed by atoms with Crippen LogP contribution in [0.4, 0.5) is 9.59 Å². The first-order valence-electron chi connectivity index (χ1n) is 9.68. The molecule has 0 radical (unpaired) electrons. The average Bonchev–Trinajstić information content (AvgIpc) is 2.55. The molecule has 0 aromatic heterocycles.